The predicted octanol–water partition coefficient (Wildman–Crippen LogP) is 2.61. The predicted molar refractivity (Wildman–Crippen MR) is 69.5 cm³/mol. The highest BCUT2D eigenvalue weighted by Crippen LogP contribution is 2.25. The normalized spacial score (nSPS) is 10.0. The zero-order valence-corrected chi connectivity index (χ0v) is 12.2. The molecular weight excluding hydrogens is 340 g/mol. The van der Waals surface area contributed by atoms with E-state index >= 15 is 0 Å². The van der Waals surface area contributed by atoms with Crippen molar-refractivity contribution in [2.45, 2.75) is 6.92 Å². The highest BCUT2D eigenvalue weighted by atomic mass is 79.9. The number of anilines is 1. The van der Waals surface area contributed by atoms with Crippen LogP contribution in [0, 0.1) is 0 Å². The second-order valence-corrected chi connectivity index (χ2v) is 4.89. The van der Waals surface area contributed by atoms with Gasteiger partial charge in [-0.1, -0.05) is 0 Å². The van der Waals surface area contributed by atoms with Gasteiger partial charge in [-0.05, 0) is 44.8 Å². The summed E-state index contributed by atoms with van der Waals surface area (Å²) in [6, 6.07) is 1.88. The minimum Gasteiger partial charge on any atom is -0.465 e. The number of nitrogens with zero attached hydrogens (tertiary/aromatic N) is 2. The van der Waals surface area contributed by atoms with Crippen molar-refractivity contribution in [3.05, 3.63) is 21.2 Å². The lowest BCUT2D eigenvalue weighted by Crippen LogP contribution is -2.28. The number of carbonyl (C=O) groups excluding carboxylic acids is 1. The monoisotopic (exact) mass is 350 g/mol. The molecule has 0 amide bonds. The molecule has 0 atom stereocenters. The van der Waals surface area contributed by atoms with Crippen LogP contribution < -0.4 is 4.90 Å². The number of ether oxygens (including phenoxy) is 1. The lowest BCUT2D eigenvalue weighted by Gasteiger charge is -2.18. The van der Waals surface area contributed by atoms with Gasteiger partial charge in [0.2, 0.25) is 0 Å². The van der Waals surface area contributed by atoms with E-state index in [4.69, 9.17) is 4.74 Å². The van der Waals surface area contributed by atoms with E-state index in [1.54, 1.807) is 25.1 Å². The van der Waals surface area contributed by atoms with Crippen LogP contribution in [0.3, 0.4) is 0 Å². The first kappa shape index (κ1) is 13.4. The standard InChI is InChI=1S/C10H12Br2N2O2/c1-3-16-9(15)6-14(2)10-8(12)4-7(11)5-13-10/h4-5H,3,6H2,1-2H3. The summed E-state index contributed by atoms with van der Waals surface area (Å²) in [6.45, 7) is 2.36. The van der Waals surface area contributed by atoms with E-state index < -0.39 is 0 Å². The maximum absolute atomic E-state index is 11.3. The zero-order chi connectivity index (χ0) is 12.1. The molecule has 1 rings (SSSR count). The molecule has 4 nitrogen and oxygen atoms in total. The fraction of sp³-hybridized carbons (Fsp3) is 0.400. The van der Waals surface area contributed by atoms with Gasteiger partial charge in [-0.2, -0.15) is 0 Å². The average Bonchev–Trinajstić information content (AvgIpc) is 2.17. The van der Waals surface area contributed by atoms with E-state index in [-0.39, 0.29) is 12.5 Å². The van der Waals surface area contributed by atoms with Gasteiger partial charge >= 0.3 is 5.97 Å². The molecule has 1 aromatic rings. The highest BCUT2D eigenvalue weighted by molar-refractivity contribution is 9.11. The number of halogens is 2. The van der Waals surface area contributed by atoms with Crippen molar-refractivity contribution in [1.29, 1.82) is 0 Å². The Kier molecular flexibility index (Phi) is 5.21. The van der Waals surface area contributed by atoms with Crippen molar-refractivity contribution in [3.63, 3.8) is 0 Å². The average molecular weight is 352 g/mol. The molecule has 1 heterocycles. The lowest BCUT2D eigenvalue weighted by molar-refractivity contribution is -0.141. The fourth-order valence-electron chi connectivity index (χ4n) is 1.16. The molecule has 0 radical (unpaired) electrons. The quantitative estimate of drug-likeness (QED) is 0.782. The maximum atomic E-state index is 11.3. The van der Waals surface area contributed by atoms with Crippen LogP contribution in [0.25, 0.3) is 0 Å². The number of hydrogen-bond acceptors (Lipinski definition) is 4. The molecule has 0 saturated heterocycles. The molecule has 88 valence electrons. The molecule has 0 aromatic carbocycles. The molecular formula is C10H12Br2N2O2. The molecule has 0 aliphatic heterocycles. The van der Waals surface area contributed by atoms with E-state index in [2.05, 4.69) is 36.8 Å². The lowest BCUT2D eigenvalue weighted by atomic mass is 10.4. The van der Waals surface area contributed by atoms with Crippen LogP contribution >= 0.6 is 31.9 Å². The number of pyridine rings is 1. The van der Waals surface area contributed by atoms with Gasteiger partial charge in [-0.3, -0.25) is 4.79 Å². The van der Waals surface area contributed by atoms with E-state index in [0.717, 1.165) is 8.95 Å². The first-order valence-corrected chi connectivity index (χ1v) is 6.31. The maximum Gasteiger partial charge on any atom is 0.325 e. The molecule has 1 aromatic heterocycles. The molecule has 16 heavy (non-hydrogen) atoms. The van der Waals surface area contributed by atoms with Crippen molar-refractivity contribution in [2.24, 2.45) is 0 Å². The molecule has 6 heteroatoms. The Morgan fingerprint density at radius 3 is 2.81 bits per heavy atom. The van der Waals surface area contributed by atoms with Gasteiger partial charge < -0.3 is 9.64 Å². The molecule has 0 spiro atoms. The van der Waals surface area contributed by atoms with Crippen molar-refractivity contribution < 1.29 is 9.53 Å². The largest absolute Gasteiger partial charge is 0.465 e. The van der Waals surface area contributed by atoms with Gasteiger partial charge in [0.25, 0.3) is 0 Å². The highest BCUT2D eigenvalue weighted by Gasteiger charge is 2.12. The van der Waals surface area contributed by atoms with Gasteiger partial charge in [0.1, 0.15) is 12.4 Å². The number of likely N-dealkylation sites (N-methyl/N-ethyl adjacent to an activating group) is 1. The summed E-state index contributed by atoms with van der Waals surface area (Å²) < 4.78 is 6.57. The van der Waals surface area contributed by atoms with Crippen LogP contribution in [0.4, 0.5) is 5.82 Å². The number of rotatable bonds is 4. The summed E-state index contributed by atoms with van der Waals surface area (Å²) in [6.07, 6.45) is 1.68. The third-order valence-electron chi connectivity index (χ3n) is 1.82. The molecule has 0 bridgehead atoms. The molecule has 0 aliphatic rings. The summed E-state index contributed by atoms with van der Waals surface area (Å²) in [4.78, 5) is 17.2. The summed E-state index contributed by atoms with van der Waals surface area (Å²) in [7, 11) is 1.79. The third-order valence-corrected chi connectivity index (χ3v) is 2.84. The van der Waals surface area contributed by atoms with Crippen LogP contribution in [0.15, 0.2) is 21.2 Å². The van der Waals surface area contributed by atoms with Crippen LogP contribution in [0.2, 0.25) is 0 Å². The zero-order valence-electron chi connectivity index (χ0n) is 9.04. The summed E-state index contributed by atoms with van der Waals surface area (Å²) >= 11 is 6.71. The SMILES string of the molecule is CCOC(=O)CN(C)c1ncc(Br)cc1Br. The molecule has 0 saturated carbocycles. The minimum atomic E-state index is -0.262. The minimum absolute atomic E-state index is 0.182. The van der Waals surface area contributed by atoms with Crippen molar-refractivity contribution in [3.8, 4) is 0 Å². The Balaban J connectivity index is 2.72. The van der Waals surface area contributed by atoms with E-state index in [9.17, 15) is 4.79 Å². The second kappa shape index (κ2) is 6.20. The van der Waals surface area contributed by atoms with Crippen LogP contribution in [0.5, 0.6) is 0 Å². The summed E-state index contributed by atoms with van der Waals surface area (Å²) in [5.41, 5.74) is 0. The van der Waals surface area contributed by atoms with Crippen molar-refractivity contribution >= 4 is 43.6 Å². The molecule has 0 N–H and O–H groups in total. The molecule has 0 fully saturated rings. The first-order chi connectivity index (χ1) is 7.54. The van der Waals surface area contributed by atoms with Gasteiger partial charge in [-0.15, -0.1) is 0 Å². The second-order valence-electron chi connectivity index (χ2n) is 3.12. The number of aromatic nitrogens is 1. The Bertz CT molecular complexity index is 385. The number of esters is 1. The van der Waals surface area contributed by atoms with E-state index in [0.29, 0.717) is 12.4 Å². The topological polar surface area (TPSA) is 42.4 Å². The Morgan fingerprint density at radius 1 is 1.56 bits per heavy atom. The van der Waals surface area contributed by atoms with Crippen LogP contribution in [0.1, 0.15) is 6.92 Å². The van der Waals surface area contributed by atoms with Gasteiger partial charge in [0.15, 0.2) is 0 Å². The summed E-state index contributed by atoms with van der Waals surface area (Å²) in [5.74, 6) is 0.442. The van der Waals surface area contributed by atoms with Gasteiger partial charge in [0, 0.05) is 17.7 Å². The Labute approximate surface area is 111 Å². The molecule has 0 unspecified atom stereocenters. The molecule has 0 aliphatic carbocycles. The number of hydrogen-bond donors (Lipinski definition) is 0. The summed E-state index contributed by atoms with van der Waals surface area (Å²) in [5, 5.41) is 0. The smallest absolute Gasteiger partial charge is 0.325 e. The fourth-order valence-corrected chi connectivity index (χ4v) is 2.45. The van der Waals surface area contributed by atoms with Crippen LogP contribution in [-0.4, -0.2) is 31.2 Å². The number of carbonyl (C=O) groups is 1. The third kappa shape index (κ3) is 3.75. The van der Waals surface area contributed by atoms with Crippen LogP contribution in [-0.2, 0) is 9.53 Å². The Hall–Kier alpha value is -0.620. The first-order valence-electron chi connectivity index (χ1n) is 4.72. The van der Waals surface area contributed by atoms with Gasteiger partial charge in [-0.25, -0.2) is 4.98 Å². The van der Waals surface area contributed by atoms with E-state index in [1.165, 1.54) is 0 Å². The van der Waals surface area contributed by atoms with Gasteiger partial charge in [0.05, 0.1) is 11.1 Å². The van der Waals surface area contributed by atoms with Crippen molar-refractivity contribution in [2.75, 3.05) is 25.1 Å². The van der Waals surface area contributed by atoms with Crippen molar-refractivity contribution in [1.82, 2.24) is 4.98 Å². The van der Waals surface area contributed by atoms with E-state index in [1.807, 2.05) is 6.07 Å². The Morgan fingerprint density at radius 2 is 2.25 bits per heavy atom.